The maximum Gasteiger partial charge on any atom is 0.195 e. The number of aliphatic hydroxyl groups is 2. The molecular weight excluding hydrogens is 240 g/mol. The minimum Gasteiger partial charge on any atom is -0.384 e. The van der Waals surface area contributed by atoms with E-state index in [4.69, 9.17) is 5.11 Å². The predicted octanol–water partition coefficient (Wildman–Crippen LogP) is 2.04. The van der Waals surface area contributed by atoms with E-state index >= 15 is 0 Å². The summed E-state index contributed by atoms with van der Waals surface area (Å²) < 4.78 is 0. The van der Waals surface area contributed by atoms with E-state index in [1.165, 1.54) is 22.7 Å². The smallest absolute Gasteiger partial charge is 0.195 e. The molecule has 0 radical (unpaired) electrons. The van der Waals surface area contributed by atoms with Crippen molar-refractivity contribution in [3.05, 3.63) is 44.8 Å². The van der Waals surface area contributed by atoms with Crippen molar-refractivity contribution in [3.63, 3.8) is 0 Å². The van der Waals surface area contributed by atoms with Gasteiger partial charge < -0.3 is 10.2 Å². The van der Waals surface area contributed by atoms with Gasteiger partial charge >= 0.3 is 0 Å². The lowest BCUT2D eigenvalue weighted by Gasteiger charge is -2.19. The summed E-state index contributed by atoms with van der Waals surface area (Å²) in [5.41, 5.74) is -1.29. The Morgan fingerprint density at radius 1 is 1.12 bits per heavy atom. The van der Waals surface area contributed by atoms with E-state index < -0.39 is 5.60 Å². The molecule has 0 saturated carbocycles. The Balaban J connectivity index is 2.49. The van der Waals surface area contributed by atoms with Crippen molar-refractivity contribution in [2.24, 2.45) is 0 Å². The highest BCUT2D eigenvalue weighted by Gasteiger charge is 2.31. The van der Waals surface area contributed by atoms with Gasteiger partial charge in [-0.2, -0.15) is 0 Å². The largest absolute Gasteiger partial charge is 0.384 e. The van der Waals surface area contributed by atoms with E-state index in [1.54, 1.807) is 0 Å². The van der Waals surface area contributed by atoms with Gasteiger partial charge in [0.25, 0.3) is 0 Å². The van der Waals surface area contributed by atoms with Crippen LogP contribution in [0.15, 0.2) is 35.0 Å². The minimum absolute atomic E-state index is 0.251. The van der Waals surface area contributed by atoms with Gasteiger partial charge in [0, 0.05) is 0 Å². The first-order valence-electron chi connectivity index (χ1n) is 4.68. The summed E-state index contributed by atoms with van der Waals surface area (Å²) in [7, 11) is 0. The summed E-state index contributed by atoms with van der Waals surface area (Å²) in [6.07, 6.45) is 0. The summed E-state index contributed by atoms with van der Waals surface area (Å²) in [4.78, 5) is 1.55. The zero-order chi connectivity index (χ0) is 11.4. The lowest BCUT2D eigenvalue weighted by Crippen LogP contribution is -2.22. The third-order valence-electron chi connectivity index (χ3n) is 2.10. The van der Waals surface area contributed by atoms with Crippen LogP contribution < -0.4 is 0 Å². The Kier molecular flexibility index (Phi) is 3.42. The molecule has 0 aliphatic carbocycles. The molecular formula is C12H10O2S2. The molecule has 0 aromatic carbocycles. The Bertz CT molecular complexity index is 455. The van der Waals surface area contributed by atoms with Gasteiger partial charge in [-0.25, -0.2) is 0 Å². The Hall–Kier alpha value is -1.12. The standard InChI is InChI=1S/C12H10O2S2/c13-7-3-6-12(14,10-4-1-8-15-10)11-5-2-9-16-11/h1-2,4-5,8-9,13-14H,7H2. The van der Waals surface area contributed by atoms with Crippen LogP contribution in [0.1, 0.15) is 9.75 Å². The molecule has 0 saturated heterocycles. The van der Waals surface area contributed by atoms with Gasteiger partial charge in [0.1, 0.15) is 6.61 Å². The van der Waals surface area contributed by atoms with Crippen molar-refractivity contribution < 1.29 is 10.2 Å². The molecule has 0 bridgehead atoms. The summed E-state index contributed by atoms with van der Waals surface area (Å²) in [5, 5.41) is 23.1. The predicted molar refractivity (Wildman–Crippen MR) is 66.5 cm³/mol. The van der Waals surface area contributed by atoms with Crippen molar-refractivity contribution in [2.45, 2.75) is 5.60 Å². The maximum atomic E-state index is 10.6. The molecule has 2 rings (SSSR count). The fourth-order valence-corrected chi connectivity index (χ4v) is 3.03. The first-order valence-corrected chi connectivity index (χ1v) is 6.44. The van der Waals surface area contributed by atoms with Crippen LogP contribution in [0.25, 0.3) is 0 Å². The molecule has 0 aliphatic rings. The van der Waals surface area contributed by atoms with Gasteiger partial charge in [-0.3, -0.25) is 0 Å². The highest BCUT2D eigenvalue weighted by molar-refractivity contribution is 7.11. The average Bonchev–Trinajstić information content (AvgIpc) is 2.96. The van der Waals surface area contributed by atoms with E-state index in [1.807, 2.05) is 35.0 Å². The number of aliphatic hydroxyl groups excluding tert-OH is 1. The SMILES string of the molecule is OCC#CC(O)(c1cccs1)c1cccs1. The van der Waals surface area contributed by atoms with Crippen LogP contribution >= 0.6 is 22.7 Å². The number of hydrogen-bond acceptors (Lipinski definition) is 4. The van der Waals surface area contributed by atoms with Crippen molar-refractivity contribution in [1.82, 2.24) is 0 Å². The summed E-state index contributed by atoms with van der Waals surface area (Å²) in [6.45, 7) is -0.251. The van der Waals surface area contributed by atoms with Crippen molar-refractivity contribution in [2.75, 3.05) is 6.61 Å². The molecule has 2 aromatic rings. The molecule has 0 fully saturated rings. The molecule has 4 heteroatoms. The molecule has 2 N–H and O–H groups in total. The van der Waals surface area contributed by atoms with Crippen LogP contribution in [0.5, 0.6) is 0 Å². The molecule has 2 heterocycles. The van der Waals surface area contributed by atoms with Gasteiger partial charge in [0.05, 0.1) is 9.75 Å². The molecule has 2 nitrogen and oxygen atoms in total. The average molecular weight is 250 g/mol. The van der Waals surface area contributed by atoms with E-state index in [9.17, 15) is 5.11 Å². The summed E-state index contributed by atoms with van der Waals surface area (Å²) in [5.74, 6) is 5.26. The van der Waals surface area contributed by atoms with Crippen molar-refractivity contribution >= 4 is 22.7 Å². The molecule has 0 unspecified atom stereocenters. The highest BCUT2D eigenvalue weighted by Crippen LogP contribution is 2.34. The summed E-state index contributed by atoms with van der Waals surface area (Å²) in [6, 6.07) is 7.44. The highest BCUT2D eigenvalue weighted by atomic mass is 32.1. The zero-order valence-electron chi connectivity index (χ0n) is 8.38. The molecule has 0 amide bonds. The quantitative estimate of drug-likeness (QED) is 0.801. The summed E-state index contributed by atoms with van der Waals surface area (Å²) >= 11 is 2.90. The van der Waals surface area contributed by atoms with Crippen LogP contribution in [0.2, 0.25) is 0 Å². The van der Waals surface area contributed by atoms with Crippen LogP contribution in [0.4, 0.5) is 0 Å². The third kappa shape index (κ3) is 2.04. The van der Waals surface area contributed by atoms with E-state index in [2.05, 4.69) is 11.8 Å². The second-order valence-electron chi connectivity index (χ2n) is 3.12. The van der Waals surface area contributed by atoms with E-state index in [0.717, 1.165) is 9.75 Å². The van der Waals surface area contributed by atoms with Gasteiger partial charge in [-0.1, -0.05) is 24.0 Å². The van der Waals surface area contributed by atoms with Crippen molar-refractivity contribution in [1.29, 1.82) is 0 Å². The van der Waals surface area contributed by atoms with Gasteiger partial charge in [-0.15, -0.1) is 22.7 Å². The Morgan fingerprint density at radius 3 is 2.06 bits per heavy atom. The lowest BCUT2D eigenvalue weighted by atomic mass is 10.0. The van der Waals surface area contributed by atoms with Crippen LogP contribution in [0.3, 0.4) is 0 Å². The third-order valence-corrected chi connectivity index (χ3v) is 4.06. The van der Waals surface area contributed by atoms with E-state index in [0.29, 0.717) is 0 Å². The molecule has 82 valence electrons. The normalized spacial score (nSPS) is 10.9. The number of rotatable bonds is 2. The molecule has 0 atom stereocenters. The van der Waals surface area contributed by atoms with Crippen LogP contribution in [-0.4, -0.2) is 16.8 Å². The second-order valence-corrected chi connectivity index (χ2v) is 5.02. The van der Waals surface area contributed by atoms with Gasteiger partial charge in [-0.05, 0) is 22.9 Å². The molecule has 0 aliphatic heterocycles. The Labute approximate surface area is 102 Å². The number of thiophene rings is 2. The zero-order valence-corrected chi connectivity index (χ0v) is 10.0. The van der Waals surface area contributed by atoms with E-state index in [-0.39, 0.29) is 6.61 Å². The second kappa shape index (κ2) is 4.81. The van der Waals surface area contributed by atoms with Gasteiger partial charge in [0.2, 0.25) is 0 Å². The first-order chi connectivity index (χ1) is 7.77. The fraction of sp³-hybridized carbons (Fsp3) is 0.167. The van der Waals surface area contributed by atoms with Crippen LogP contribution in [0, 0.1) is 11.8 Å². The van der Waals surface area contributed by atoms with Crippen LogP contribution in [-0.2, 0) is 5.60 Å². The van der Waals surface area contributed by atoms with Crippen molar-refractivity contribution in [3.8, 4) is 11.8 Å². The van der Waals surface area contributed by atoms with Gasteiger partial charge in [0.15, 0.2) is 5.60 Å². The molecule has 0 spiro atoms. The molecule has 2 aromatic heterocycles. The fourth-order valence-electron chi connectivity index (χ4n) is 1.38. The monoisotopic (exact) mass is 250 g/mol. The lowest BCUT2D eigenvalue weighted by molar-refractivity contribution is 0.153. The topological polar surface area (TPSA) is 40.5 Å². The first kappa shape index (κ1) is 11.4. The maximum absolute atomic E-state index is 10.6. The minimum atomic E-state index is -1.29. The number of hydrogen-bond donors (Lipinski definition) is 2. The Morgan fingerprint density at radius 2 is 1.69 bits per heavy atom. The molecule has 16 heavy (non-hydrogen) atoms.